The molecular weight excluding hydrogens is 509 g/mol. The summed E-state index contributed by atoms with van der Waals surface area (Å²) in [5.74, 6) is 0.532. The number of para-hydroxylation sites is 2. The fourth-order valence-electron chi connectivity index (χ4n) is 3.52. The number of hydrogen-bond donors (Lipinski definition) is 1. The van der Waals surface area contributed by atoms with Gasteiger partial charge in [-0.25, -0.2) is 4.79 Å². The van der Waals surface area contributed by atoms with Crippen LogP contribution in [-0.2, 0) is 22.8 Å². The van der Waals surface area contributed by atoms with E-state index in [4.69, 9.17) is 8.92 Å². The number of halogens is 3. The van der Waals surface area contributed by atoms with Crippen LogP contribution in [0.4, 0.5) is 23.7 Å². The fraction of sp³-hybridized carbons (Fsp3) is 0.269. The van der Waals surface area contributed by atoms with Gasteiger partial charge in [-0.3, -0.25) is 0 Å². The van der Waals surface area contributed by atoms with Crippen LogP contribution in [0.15, 0.2) is 77.7 Å². The van der Waals surface area contributed by atoms with Crippen molar-refractivity contribution in [1.82, 2.24) is 4.90 Å². The molecule has 0 aliphatic rings. The number of hydrogen-bond acceptors (Lipinski definition) is 5. The van der Waals surface area contributed by atoms with E-state index in [-0.39, 0.29) is 24.2 Å². The molecule has 0 bridgehead atoms. The molecule has 3 aromatic rings. The van der Waals surface area contributed by atoms with Gasteiger partial charge in [0, 0.05) is 13.1 Å². The maximum absolute atomic E-state index is 13.1. The number of alkyl halides is 3. The van der Waals surface area contributed by atoms with Crippen molar-refractivity contribution in [3.63, 3.8) is 0 Å². The number of nitrogens with one attached hydrogen (secondary N) is 1. The second kappa shape index (κ2) is 11.5. The molecule has 3 rings (SSSR count). The summed E-state index contributed by atoms with van der Waals surface area (Å²) in [6.45, 7) is 4.42. The third kappa shape index (κ3) is 7.63. The highest BCUT2D eigenvalue weighted by Gasteiger charge is 2.32. The number of urea groups is 1. The van der Waals surface area contributed by atoms with E-state index in [1.807, 2.05) is 13.8 Å². The van der Waals surface area contributed by atoms with Gasteiger partial charge < -0.3 is 19.1 Å². The van der Waals surface area contributed by atoms with Crippen LogP contribution >= 0.6 is 0 Å². The third-order valence-electron chi connectivity index (χ3n) is 5.15. The lowest BCUT2D eigenvalue weighted by atomic mass is 10.1. The van der Waals surface area contributed by atoms with Gasteiger partial charge in [0.2, 0.25) is 0 Å². The topological polar surface area (TPSA) is 84.9 Å². The number of amides is 2. The van der Waals surface area contributed by atoms with Gasteiger partial charge in [-0.1, -0.05) is 44.2 Å². The Kier molecular flexibility index (Phi) is 8.69. The van der Waals surface area contributed by atoms with E-state index in [2.05, 4.69) is 5.32 Å². The van der Waals surface area contributed by atoms with Crippen molar-refractivity contribution in [2.24, 2.45) is 5.92 Å². The summed E-state index contributed by atoms with van der Waals surface area (Å²) < 4.78 is 74.7. The van der Waals surface area contributed by atoms with Crippen molar-refractivity contribution in [1.29, 1.82) is 0 Å². The number of ether oxygens (including phenoxy) is 1. The average Bonchev–Trinajstić information content (AvgIpc) is 2.83. The summed E-state index contributed by atoms with van der Waals surface area (Å²) in [5.41, 5.74) is -0.0445. The van der Waals surface area contributed by atoms with Crippen LogP contribution < -0.4 is 14.2 Å². The van der Waals surface area contributed by atoms with E-state index >= 15 is 0 Å². The molecule has 0 spiro atoms. The van der Waals surface area contributed by atoms with Crippen molar-refractivity contribution in [3.8, 4) is 11.5 Å². The molecule has 37 heavy (non-hydrogen) atoms. The predicted molar refractivity (Wildman–Crippen MR) is 133 cm³/mol. The van der Waals surface area contributed by atoms with Crippen molar-refractivity contribution < 1.29 is 35.3 Å². The van der Waals surface area contributed by atoms with E-state index in [0.29, 0.717) is 29.6 Å². The second-order valence-corrected chi connectivity index (χ2v) is 10.2. The Morgan fingerprint density at radius 3 is 2.38 bits per heavy atom. The van der Waals surface area contributed by atoms with Crippen LogP contribution in [0.3, 0.4) is 0 Å². The Balaban J connectivity index is 1.80. The lowest BCUT2D eigenvalue weighted by Gasteiger charge is -2.25. The van der Waals surface area contributed by atoms with Crippen molar-refractivity contribution in [3.05, 3.63) is 83.9 Å². The van der Waals surface area contributed by atoms with Gasteiger partial charge in [-0.15, -0.1) is 0 Å². The molecule has 1 N–H and O–H groups in total. The molecule has 0 saturated heterocycles. The fourth-order valence-corrected chi connectivity index (χ4v) is 4.49. The number of rotatable bonds is 9. The van der Waals surface area contributed by atoms with E-state index in [1.54, 1.807) is 35.2 Å². The zero-order valence-corrected chi connectivity index (χ0v) is 21.3. The van der Waals surface area contributed by atoms with Crippen LogP contribution in [0.1, 0.15) is 25.0 Å². The van der Waals surface area contributed by atoms with Crippen LogP contribution in [0.5, 0.6) is 11.5 Å². The third-order valence-corrected chi connectivity index (χ3v) is 6.39. The van der Waals surface area contributed by atoms with Gasteiger partial charge in [-0.2, -0.15) is 21.6 Å². The van der Waals surface area contributed by atoms with Gasteiger partial charge in [0.25, 0.3) is 0 Å². The zero-order chi connectivity index (χ0) is 27.2. The molecule has 0 radical (unpaired) electrons. The molecule has 0 unspecified atom stereocenters. The molecule has 0 atom stereocenters. The summed E-state index contributed by atoms with van der Waals surface area (Å²) in [4.78, 5) is 14.0. The van der Waals surface area contributed by atoms with E-state index < -0.39 is 26.8 Å². The van der Waals surface area contributed by atoms with Crippen LogP contribution in [0.25, 0.3) is 0 Å². The van der Waals surface area contributed by atoms with Crippen LogP contribution in [0.2, 0.25) is 0 Å². The van der Waals surface area contributed by atoms with Crippen LogP contribution in [0, 0.1) is 5.92 Å². The lowest BCUT2D eigenvalue weighted by Crippen LogP contribution is -2.37. The van der Waals surface area contributed by atoms with Gasteiger partial charge >= 0.3 is 22.3 Å². The van der Waals surface area contributed by atoms with E-state index in [1.165, 1.54) is 25.3 Å². The maximum Gasteiger partial charge on any atom is 0.416 e. The maximum atomic E-state index is 13.1. The molecule has 198 valence electrons. The molecule has 0 heterocycles. The molecule has 0 saturated carbocycles. The standard InChI is InChI=1S/C26H27F3N2O5S/c1-18(2)16-31(25(32)30-23-12-4-5-13-24(23)35-3)17-19-8-6-10-21(14-19)36-37(33,34)22-11-7-9-20(15-22)26(27,28)29/h4-15,18H,16-17H2,1-3H3,(H,30,32). The van der Waals surface area contributed by atoms with Gasteiger partial charge in [0.05, 0.1) is 18.4 Å². The molecule has 11 heteroatoms. The summed E-state index contributed by atoms with van der Waals surface area (Å²) in [6.07, 6.45) is -4.70. The summed E-state index contributed by atoms with van der Waals surface area (Å²) in [6, 6.07) is 15.9. The average molecular weight is 537 g/mol. The smallest absolute Gasteiger partial charge is 0.416 e. The molecule has 7 nitrogen and oxygen atoms in total. The Morgan fingerprint density at radius 1 is 1.00 bits per heavy atom. The number of methoxy groups -OCH3 is 1. The van der Waals surface area contributed by atoms with Gasteiger partial charge in [-0.05, 0) is 53.9 Å². The first kappa shape index (κ1) is 27.9. The molecule has 0 aliphatic carbocycles. The zero-order valence-electron chi connectivity index (χ0n) is 20.5. The number of benzene rings is 3. The minimum Gasteiger partial charge on any atom is -0.495 e. The Labute approximate surface area is 213 Å². The van der Waals surface area contributed by atoms with Crippen molar-refractivity contribution in [2.45, 2.75) is 31.5 Å². The summed E-state index contributed by atoms with van der Waals surface area (Å²) in [7, 11) is -3.04. The predicted octanol–water partition coefficient (Wildman–Crippen LogP) is 6.17. The molecule has 0 fully saturated rings. The first-order valence-electron chi connectivity index (χ1n) is 11.3. The lowest BCUT2D eigenvalue weighted by molar-refractivity contribution is -0.137. The number of anilines is 1. The van der Waals surface area contributed by atoms with E-state index in [0.717, 1.165) is 18.2 Å². The Hall–Kier alpha value is -3.73. The van der Waals surface area contributed by atoms with E-state index in [9.17, 15) is 26.4 Å². The van der Waals surface area contributed by atoms with Crippen LogP contribution in [-0.4, -0.2) is 33.0 Å². The molecule has 0 aromatic heterocycles. The molecule has 3 aromatic carbocycles. The SMILES string of the molecule is COc1ccccc1NC(=O)N(Cc1cccc(OS(=O)(=O)c2cccc(C(F)(F)F)c2)c1)CC(C)C. The second-order valence-electron chi connectivity index (χ2n) is 8.62. The molecule has 0 aliphatic heterocycles. The van der Waals surface area contributed by atoms with Crippen molar-refractivity contribution >= 4 is 21.8 Å². The minimum absolute atomic E-state index is 0.0930. The Bertz CT molecular complexity index is 1340. The summed E-state index contributed by atoms with van der Waals surface area (Å²) >= 11 is 0. The Morgan fingerprint density at radius 2 is 1.70 bits per heavy atom. The monoisotopic (exact) mass is 536 g/mol. The number of carbonyl (C=O) groups excluding carboxylic acids is 1. The number of nitrogens with zero attached hydrogens (tertiary/aromatic N) is 1. The molecular formula is C26H27F3N2O5S. The normalized spacial score (nSPS) is 11.8. The highest BCUT2D eigenvalue weighted by atomic mass is 32.2. The van der Waals surface area contributed by atoms with Gasteiger partial charge in [0.15, 0.2) is 0 Å². The first-order chi connectivity index (χ1) is 17.4. The minimum atomic E-state index is -4.70. The quantitative estimate of drug-likeness (QED) is 0.331. The first-order valence-corrected chi connectivity index (χ1v) is 12.7. The largest absolute Gasteiger partial charge is 0.495 e. The highest BCUT2D eigenvalue weighted by Crippen LogP contribution is 2.31. The highest BCUT2D eigenvalue weighted by molar-refractivity contribution is 7.87. The van der Waals surface area contributed by atoms with Gasteiger partial charge in [0.1, 0.15) is 16.4 Å². The van der Waals surface area contributed by atoms with Crippen molar-refractivity contribution in [2.75, 3.05) is 19.0 Å². The molecule has 2 amide bonds. The number of carbonyl (C=O) groups is 1. The summed E-state index contributed by atoms with van der Waals surface area (Å²) in [5, 5.41) is 2.82.